The minimum Gasteiger partial charge on any atom is -0.323 e. The number of halogens is 1. The number of carbonyl (C=O) groups excluding carboxylic acids is 2. The van der Waals surface area contributed by atoms with Crippen LogP contribution in [0.5, 0.6) is 0 Å². The molecule has 1 N–H and O–H groups in total. The largest absolute Gasteiger partial charge is 0.323 e. The Labute approximate surface area is 178 Å². The number of carbonyl (C=O) groups is 2. The zero-order valence-electron chi connectivity index (χ0n) is 16.0. The number of fused-ring (bicyclic) bond motifs is 1. The molecule has 2 heterocycles. The number of anilines is 1. The molecule has 0 saturated carbocycles. The minimum atomic E-state index is -0.389. The van der Waals surface area contributed by atoms with E-state index in [4.69, 9.17) is 11.6 Å². The molecular weight excluding hydrogens is 402 g/mol. The van der Waals surface area contributed by atoms with Gasteiger partial charge in [-0.25, -0.2) is 0 Å². The Morgan fingerprint density at radius 1 is 0.967 bits per heavy atom. The van der Waals surface area contributed by atoms with Gasteiger partial charge in [0.1, 0.15) is 6.54 Å². The van der Waals surface area contributed by atoms with Gasteiger partial charge in [0.25, 0.3) is 11.5 Å². The van der Waals surface area contributed by atoms with Crippen LogP contribution >= 0.6 is 11.6 Å². The number of nitrogens with zero attached hydrogens (tertiary/aromatic N) is 2. The number of benzene rings is 2. The lowest BCUT2D eigenvalue weighted by Crippen LogP contribution is -2.33. The fraction of sp³-hybridized carbons (Fsp3) is 0.0870. The van der Waals surface area contributed by atoms with Crippen LogP contribution < -0.4 is 10.9 Å². The van der Waals surface area contributed by atoms with Crippen molar-refractivity contribution in [1.82, 2.24) is 9.47 Å². The first kappa shape index (κ1) is 19.7. The molecule has 1 aliphatic rings. The molecule has 0 fully saturated rings. The van der Waals surface area contributed by atoms with Gasteiger partial charge < -0.3 is 9.88 Å². The van der Waals surface area contributed by atoms with Crippen molar-refractivity contribution in [2.45, 2.75) is 6.54 Å². The van der Waals surface area contributed by atoms with Crippen molar-refractivity contribution in [2.75, 3.05) is 11.9 Å². The van der Waals surface area contributed by atoms with E-state index < -0.39 is 0 Å². The van der Waals surface area contributed by atoms with Gasteiger partial charge in [-0.3, -0.25) is 19.3 Å². The summed E-state index contributed by atoms with van der Waals surface area (Å²) in [5, 5.41) is 3.30. The molecule has 1 aromatic heterocycles. The van der Waals surface area contributed by atoms with Crippen LogP contribution in [0.2, 0.25) is 5.02 Å². The van der Waals surface area contributed by atoms with Gasteiger partial charge in [0.05, 0.1) is 12.2 Å². The third-order valence-electron chi connectivity index (χ3n) is 4.91. The van der Waals surface area contributed by atoms with Gasteiger partial charge in [0, 0.05) is 34.1 Å². The SMILES string of the molecule is C=C1c2ccccc2C(=O)N1CC(=O)Nc1ccc(=O)n(Cc2ccccc2Cl)c1. The maximum Gasteiger partial charge on any atom is 0.259 e. The van der Waals surface area contributed by atoms with Crippen LogP contribution in [-0.2, 0) is 11.3 Å². The summed E-state index contributed by atoms with van der Waals surface area (Å²) >= 11 is 6.18. The van der Waals surface area contributed by atoms with Crippen LogP contribution in [0.3, 0.4) is 0 Å². The molecule has 0 spiro atoms. The van der Waals surface area contributed by atoms with Gasteiger partial charge in [-0.1, -0.05) is 54.6 Å². The summed E-state index contributed by atoms with van der Waals surface area (Å²) in [7, 11) is 0. The van der Waals surface area contributed by atoms with E-state index in [0.29, 0.717) is 22.0 Å². The molecule has 0 bridgehead atoms. The first-order chi connectivity index (χ1) is 14.4. The number of aromatic nitrogens is 1. The van der Waals surface area contributed by atoms with Crippen LogP contribution in [0, 0.1) is 0 Å². The standard InChI is InChI=1S/C23H18ClN3O3/c1-15-18-7-3-4-8-19(18)23(30)27(15)14-21(28)25-17-10-11-22(29)26(13-17)12-16-6-2-5-9-20(16)24/h2-11,13H,1,12,14H2,(H,25,28). The summed E-state index contributed by atoms with van der Waals surface area (Å²) in [5.74, 6) is -0.644. The van der Waals surface area contributed by atoms with E-state index in [2.05, 4.69) is 11.9 Å². The molecule has 150 valence electrons. The zero-order chi connectivity index (χ0) is 21.3. The summed E-state index contributed by atoms with van der Waals surface area (Å²) in [4.78, 5) is 38.7. The quantitative estimate of drug-likeness (QED) is 0.686. The Balaban J connectivity index is 1.48. The Bertz CT molecular complexity index is 1200. The highest BCUT2D eigenvalue weighted by atomic mass is 35.5. The summed E-state index contributed by atoms with van der Waals surface area (Å²) < 4.78 is 1.46. The van der Waals surface area contributed by atoms with Crippen molar-refractivity contribution in [3.05, 3.63) is 106 Å². The van der Waals surface area contributed by atoms with Gasteiger partial charge in [0.15, 0.2) is 0 Å². The van der Waals surface area contributed by atoms with Crippen molar-refractivity contribution < 1.29 is 9.59 Å². The maximum absolute atomic E-state index is 12.6. The average molecular weight is 420 g/mol. The number of hydrogen-bond acceptors (Lipinski definition) is 3. The third-order valence-corrected chi connectivity index (χ3v) is 5.28. The Kier molecular flexibility index (Phi) is 5.25. The van der Waals surface area contributed by atoms with Gasteiger partial charge in [-0.15, -0.1) is 0 Å². The van der Waals surface area contributed by atoms with Crippen LogP contribution in [0.1, 0.15) is 21.5 Å². The maximum atomic E-state index is 12.6. The van der Waals surface area contributed by atoms with Gasteiger partial charge in [-0.2, -0.15) is 0 Å². The van der Waals surface area contributed by atoms with E-state index >= 15 is 0 Å². The highest BCUT2D eigenvalue weighted by Gasteiger charge is 2.31. The second-order valence-electron chi connectivity index (χ2n) is 6.91. The second-order valence-corrected chi connectivity index (χ2v) is 7.31. The molecule has 2 aromatic carbocycles. The summed E-state index contributed by atoms with van der Waals surface area (Å²) in [6, 6.07) is 17.3. The number of hydrogen-bond donors (Lipinski definition) is 1. The molecule has 3 aromatic rings. The van der Waals surface area contributed by atoms with Crippen molar-refractivity contribution in [1.29, 1.82) is 0 Å². The van der Waals surface area contributed by atoms with Crippen molar-refractivity contribution in [2.24, 2.45) is 0 Å². The first-order valence-corrected chi connectivity index (χ1v) is 9.66. The molecular formula is C23H18ClN3O3. The molecule has 0 aliphatic carbocycles. The molecule has 7 heteroatoms. The van der Waals surface area contributed by atoms with E-state index in [1.165, 1.54) is 21.6 Å². The molecule has 1 aliphatic heterocycles. The lowest BCUT2D eigenvalue weighted by molar-refractivity contribution is -0.116. The lowest BCUT2D eigenvalue weighted by Gasteiger charge is -2.17. The van der Waals surface area contributed by atoms with Crippen molar-refractivity contribution in [3.8, 4) is 0 Å². The third kappa shape index (κ3) is 3.77. The van der Waals surface area contributed by atoms with E-state index in [0.717, 1.165) is 11.1 Å². The van der Waals surface area contributed by atoms with Crippen LogP contribution in [0.15, 0.2) is 78.2 Å². The average Bonchev–Trinajstić information content (AvgIpc) is 2.97. The Morgan fingerprint density at radius 3 is 2.40 bits per heavy atom. The second kappa shape index (κ2) is 8.00. The summed E-state index contributed by atoms with van der Waals surface area (Å²) in [5.41, 5.74) is 2.77. The van der Waals surface area contributed by atoms with Crippen LogP contribution in [-0.4, -0.2) is 27.8 Å². The van der Waals surface area contributed by atoms with Crippen molar-refractivity contribution >= 4 is 34.8 Å². The predicted octanol–water partition coefficient (Wildman–Crippen LogP) is 3.62. The molecule has 6 nitrogen and oxygen atoms in total. The highest BCUT2D eigenvalue weighted by Crippen LogP contribution is 2.30. The molecule has 0 radical (unpaired) electrons. The lowest BCUT2D eigenvalue weighted by atomic mass is 10.1. The Hall–Kier alpha value is -3.64. The van der Waals surface area contributed by atoms with Gasteiger partial charge in [-0.05, 0) is 23.8 Å². The normalized spacial score (nSPS) is 12.8. The fourth-order valence-corrected chi connectivity index (χ4v) is 3.58. The number of pyridine rings is 1. The van der Waals surface area contributed by atoms with E-state index in [9.17, 15) is 14.4 Å². The van der Waals surface area contributed by atoms with E-state index in [-0.39, 0.29) is 30.5 Å². The molecule has 0 unspecified atom stereocenters. The fourth-order valence-electron chi connectivity index (χ4n) is 3.38. The molecule has 30 heavy (non-hydrogen) atoms. The monoisotopic (exact) mass is 419 g/mol. The van der Waals surface area contributed by atoms with E-state index in [1.807, 2.05) is 24.3 Å². The van der Waals surface area contributed by atoms with Gasteiger partial charge >= 0.3 is 0 Å². The number of rotatable bonds is 5. The number of nitrogens with one attached hydrogen (secondary N) is 1. The van der Waals surface area contributed by atoms with E-state index in [1.54, 1.807) is 30.5 Å². The highest BCUT2D eigenvalue weighted by molar-refractivity contribution is 6.31. The van der Waals surface area contributed by atoms with Gasteiger partial charge in [0.2, 0.25) is 5.91 Å². The van der Waals surface area contributed by atoms with Crippen LogP contribution in [0.4, 0.5) is 5.69 Å². The summed E-state index contributed by atoms with van der Waals surface area (Å²) in [6.07, 6.45) is 1.55. The zero-order valence-corrected chi connectivity index (χ0v) is 16.7. The molecule has 0 saturated heterocycles. The minimum absolute atomic E-state index is 0.171. The Morgan fingerprint density at radius 2 is 1.67 bits per heavy atom. The molecule has 0 atom stereocenters. The van der Waals surface area contributed by atoms with Crippen molar-refractivity contribution in [3.63, 3.8) is 0 Å². The van der Waals surface area contributed by atoms with Crippen LogP contribution in [0.25, 0.3) is 5.70 Å². The topological polar surface area (TPSA) is 71.4 Å². The smallest absolute Gasteiger partial charge is 0.259 e. The summed E-state index contributed by atoms with van der Waals surface area (Å²) in [6.45, 7) is 4.04. The predicted molar refractivity (Wildman–Crippen MR) is 116 cm³/mol. The molecule has 2 amide bonds. The first-order valence-electron chi connectivity index (χ1n) is 9.28. The molecule has 4 rings (SSSR count). The number of amides is 2.